The Morgan fingerprint density at radius 3 is 2.80 bits per heavy atom. The SMILES string of the molecule is COc1cc(C(C)NCC(=O)N2CCCC2)ccc1O. The fourth-order valence-corrected chi connectivity index (χ4v) is 2.40. The number of carbonyl (C=O) groups is 1. The molecule has 2 rings (SSSR count). The van der Waals surface area contributed by atoms with E-state index in [1.807, 2.05) is 17.9 Å². The highest BCUT2D eigenvalue weighted by molar-refractivity contribution is 5.78. The van der Waals surface area contributed by atoms with Crippen molar-refractivity contribution in [3.8, 4) is 11.5 Å². The quantitative estimate of drug-likeness (QED) is 0.860. The molecule has 1 unspecified atom stereocenters. The Balaban J connectivity index is 1.91. The molecule has 1 aliphatic heterocycles. The van der Waals surface area contributed by atoms with Gasteiger partial charge in [-0.1, -0.05) is 6.07 Å². The standard InChI is InChI=1S/C15H22N2O3/c1-11(12-5-6-13(18)14(9-12)20-2)16-10-15(19)17-7-3-4-8-17/h5-6,9,11,16,18H,3-4,7-8,10H2,1-2H3. The number of methoxy groups -OCH3 is 1. The van der Waals surface area contributed by atoms with Crippen LogP contribution in [0.3, 0.4) is 0 Å². The van der Waals surface area contributed by atoms with Gasteiger partial charge in [0.15, 0.2) is 11.5 Å². The van der Waals surface area contributed by atoms with E-state index in [1.165, 1.54) is 7.11 Å². The number of rotatable bonds is 5. The predicted octanol–water partition coefficient (Wildman–Crippen LogP) is 1.67. The lowest BCUT2D eigenvalue weighted by atomic mass is 10.1. The molecule has 0 bridgehead atoms. The molecule has 0 saturated carbocycles. The summed E-state index contributed by atoms with van der Waals surface area (Å²) in [6.07, 6.45) is 2.22. The van der Waals surface area contributed by atoms with Crippen molar-refractivity contribution in [2.75, 3.05) is 26.7 Å². The van der Waals surface area contributed by atoms with Crippen LogP contribution in [-0.2, 0) is 4.79 Å². The molecular weight excluding hydrogens is 256 g/mol. The number of ether oxygens (including phenoxy) is 1. The minimum atomic E-state index is 0.0241. The van der Waals surface area contributed by atoms with Gasteiger partial charge in [-0.05, 0) is 37.5 Å². The number of nitrogens with zero attached hydrogens (tertiary/aromatic N) is 1. The van der Waals surface area contributed by atoms with Crippen LogP contribution in [0.15, 0.2) is 18.2 Å². The first-order chi connectivity index (χ1) is 9.61. The van der Waals surface area contributed by atoms with Crippen LogP contribution in [0.1, 0.15) is 31.4 Å². The number of aromatic hydroxyl groups is 1. The van der Waals surface area contributed by atoms with Gasteiger partial charge in [-0.2, -0.15) is 0 Å². The highest BCUT2D eigenvalue weighted by Crippen LogP contribution is 2.28. The summed E-state index contributed by atoms with van der Waals surface area (Å²) in [5.41, 5.74) is 0.980. The van der Waals surface area contributed by atoms with Gasteiger partial charge >= 0.3 is 0 Å². The number of benzene rings is 1. The highest BCUT2D eigenvalue weighted by Gasteiger charge is 2.18. The van der Waals surface area contributed by atoms with E-state index >= 15 is 0 Å². The van der Waals surface area contributed by atoms with Crippen molar-refractivity contribution in [2.45, 2.75) is 25.8 Å². The van der Waals surface area contributed by atoms with Crippen LogP contribution in [0.5, 0.6) is 11.5 Å². The van der Waals surface area contributed by atoms with Crippen molar-refractivity contribution in [1.82, 2.24) is 10.2 Å². The molecule has 1 heterocycles. The zero-order chi connectivity index (χ0) is 14.5. The number of carbonyl (C=O) groups excluding carboxylic acids is 1. The zero-order valence-electron chi connectivity index (χ0n) is 12.1. The van der Waals surface area contributed by atoms with Crippen molar-refractivity contribution in [2.24, 2.45) is 0 Å². The largest absolute Gasteiger partial charge is 0.504 e. The molecule has 1 aromatic carbocycles. The lowest BCUT2D eigenvalue weighted by Gasteiger charge is -2.19. The molecule has 1 atom stereocenters. The van der Waals surface area contributed by atoms with E-state index in [1.54, 1.807) is 12.1 Å². The van der Waals surface area contributed by atoms with Crippen molar-refractivity contribution >= 4 is 5.91 Å². The third-order valence-corrected chi connectivity index (χ3v) is 3.72. The maximum Gasteiger partial charge on any atom is 0.236 e. The van der Waals surface area contributed by atoms with Gasteiger partial charge in [0.2, 0.25) is 5.91 Å². The molecule has 0 aromatic heterocycles. The molecule has 110 valence electrons. The highest BCUT2D eigenvalue weighted by atomic mass is 16.5. The zero-order valence-corrected chi connectivity index (χ0v) is 12.1. The van der Waals surface area contributed by atoms with Crippen molar-refractivity contribution in [3.05, 3.63) is 23.8 Å². The first kappa shape index (κ1) is 14.7. The van der Waals surface area contributed by atoms with Gasteiger partial charge in [-0.3, -0.25) is 4.79 Å². The molecule has 0 radical (unpaired) electrons. The lowest BCUT2D eigenvalue weighted by Crippen LogP contribution is -2.37. The Labute approximate surface area is 119 Å². The summed E-state index contributed by atoms with van der Waals surface area (Å²) in [5.74, 6) is 0.721. The Bertz CT molecular complexity index is 470. The van der Waals surface area contributed by atoms with Crippen molar-refractivity contribution in [1.29, 1.82) is 0 Å². The van der Waals surface area contributed by atoms with Crippen LogP contribution in [-0.4, -0.2) is 42.7 Å². The molecule has 20 heavy (non-hydrogen) atoms. The molecule has 1 aliphatic rings. The number of amides is 1. The monoisotopic (exact) mass is 278 g/mol. The number of phenolic OH excluding ortho intramolecular Hbond substituents is 1. The summed E-state index contributed by atoms with van der Waals surface area (Å²) >= 11 is 0. The number of nitrogens with one attached hydrogen (secondary N) is 1. The third-order valence-electron chi connectivity index (χ3n) is 3.72. The summed E-state index contributed by atoms with van der Waals surface area (Å²) in [6.45, 7) is 4.08. The average Bonchev–Trinajstić information content (AvgIpc) is 2.99. The molecule has 1 fully saturated rings. The second-order valence-corrected chi connectivity index (χ2v) is 5.12. The Kier molecular flexibility index (Phi) is 4.84. The molecule has 2 N–H and O–H groups in total. The first-order valence-electron chi connectivity index (χ1n) is 7.00. The molecular formula is C15H22N2O3. The van der Waals surface area contributed by atoms with Gasteiger partial charge in [-0.25, -0.2) is 0 Å². The number of hydrogen-bond acceptors (Lipinski definition) is 4. The molecule has 5 heteroatoms. The predicted molar refractivity (Wildman–Crippen MR) is 76.9 cm³/mol. The van der Waals surface area contributed by atoms with E-state index in [4.69, 9.17) is 4.74 Å². The lowest BCUT2D eigenvalue weighted by molar-refractivity contribution is -0.129. The van der Waals surface area contributed by atoms with Gasteiger partial charge in [0.25, 0.3) is 0 Å². The maximum atomic E-state index is 12.0. The average molecular weight is 278 g/mol. The smallest absolute Gasteiger partial charge is 0.236 e. The number of phenols is 1. The normalized spacial score (nSPS) is 16.2. The number of likely N-dealkylation sites (tertiary alicyclic amines) is 1. The van der Waals surface area contributed by atoms with Gasteiger partial charge < -0.3 is 20.1 Å². The fourth-order valence-electron chi connectivity index (χ4n) is 2.40. The summed E-state index contributed by atoms with van der Waals surface area (Å²) in [4.78, 5) is 13.9. The van der Waals surface area contributed by atoms with Crippen LogP contribution < -0.4 is 10.1 Å². The summed E-state index contributed by atoms with van der Waals surface area (Å²) in [7, 11) is 1.52. The molecule has 5 nitrogen and oxygen atoms in total. The fraction of sp³-hybridized carbons (Fsp3) is 0.533. The van der Waals surface area contributed by atoms with Crippen LogP contribution >= 0.6 is 0 Å². The Hall–Kier alpha value is -1.75. The molecule has 0 spiro atoms. The minimum Gasteiger partial charge on any atom is -0.504 e. The van der Waals surface area contributed by atoms with Gasteiger partial charge in [0.1, 0.15) is 0 Å². The third kappa shape index (κ3) is 3.42. The second-order valence-electron chi connectivity index (χ2n) is 5.12. The first-order valence-corrected chi connectivity index (χ1v) is 7.00. The van der Waals surface area contributed by atoms with Crippen LogP contribution in [0.2, 0.25) is 0 Å². The van der Waals surface area contributed by atoms with E-state index in [2.05, 4.69) is 5.32 Å². The Morgan fingerprint density at radius 2 is 2.15 bits per heavy atom. The van der Waals surface area contributed by atoms with E-state index in [0.29, 0.717) is 12.3 Å². The van der Waals surface area contributed by atoms with Gasteiger partial charge in [0.05, 0.1) is 13.7 Å². The van der Waals surface area contributed by atoms with Crippen molar-refractivity contribution < 1.29 is 14.6 Å². The van der Waals surface area contributed by atoms with Crippen LogP contribution in [0, 0.1) is 0 Å². The van der Waals surface area contributed by atoms with E-state index < -0.39 is 0 Å². The number of hydrogen-bond donors (Lipinski definition) is 2. The Morgan fingerprint density at radius 1 is 1.45 bits per heavy atom. The maximum absolute atomic E-state index is 12.0. The molecule has 1 saturated heterocycles. The van der Waals surface area contributed by atoms with Gasteiger partial charge in [0, 0.05) is 19.1 Å². The summed E-state index contributed by atoms with van der Waals surface area (Å²) in [6, 6.07) is 5.24. The van der Waals surface area contributed by atoms with E-state index in [9.17, 15) is 9.90 Å². The second kappa shape index (κ2) is 6.61. The van der Waals surface area contributed by atoms with Gasteiger partial charge in [-0.15, -0.1) is 0 Å². The van der Waals surface area contributed by atoms with Crippen molar-refractivity contribution in [3.63, 3.8) is 0 Å². The summed E-state index contributed by atoms with van der Waals surface area (Å²) in [5, 5.41) is 12.8. The minimum absolute atomic E-state index is 0.0241. The molecule has 0 aliphatic carbocycles. The summed E-state index contributed by atoms with van der Waals surface area (Å²) < 4.78 is 5.09. The van der Waals surface area contributed by atoms with E-state index in [-0.39, 0.29) is 17.7 Å². The molecule has 1 amide bonds. The van der Waals surface area contributed by atoms with Crippen LogP contribution in [0.4, 0.5) is 0 Å². The topological polar surface area (TPSA) is 61.8 Å². The van der Waals surface area contributed by atoms with E-state index in [0.717, 1.165) is 31.5 Å². The van der Waals surface area contributed by atoms with Crippen LogP contribution in [0.25, 0.3) is 0 Å². The molecule has 1 aromatic rings.